The van der Waals surface area contributed by atoms with Gasteiger partial charge in [-0.05, 0) is 234 Å². The minimum atomic E-state index is -0.489. The molecule has 7 heterocycles. The minimum Gasteiger partial charge on any atom is -0.496 e. The molecule has 4 N–H and O–H groups in total. The van der Waals surface area contributed by atoms with Crippen molar-refractivity contribution in [2.24, 2.45) is 16.6 Å². The van der Waals surface area contributed by atoms with Gasteiger partial charge in [-0.25, -0.2) is 34.3 Å². The lowest BCUT2D eigenvalue weighted by atomic mass is 9.83. The zero-order valence-electron chi connectivity index (χ0n) is 92.6. The number of hydrogen-bond donors (Lipinski definition) is 3. The van der Waals surface area contributed by atoms with Gasteiger partial charge in [0.2, 0.25) is 12.5 Å². The summed E-state index contributed by atoms with van der Waals surface area (Å²) >= 11 is 0. The fourth-order valence-corrected chi connectivity index (χ4v) is 23.7. The van der Waals surface area contributed by atoms with Crippen molar-refractivity contribution in [2.45, 2.75) is 237 Å². The monoisotopic (exact) mass is 1990 g/mol. The number of aromatic nitrogens is 8. The Kier molecular flexibility index (Phi) is 37.9. The van der Waals surface area contributed by atoms with E-state index in [0.29, 0.717) is 35.2 Å². The summed E-state index contributed by atoms with van der Waals surface area (Å²) in [5.41, 5.74) is 47.1. The quantitative estimate of drug-likeness (QED) is 0.0488. The number of para-hydroxylation sites is 7. The highest BCUT2D eigenvalue weighted by atomic mass is 31.1. The molecule has 11 aromatic carbocycles. The fourth-order valence-electron chi connectivity index (χ4n) is 20.1. The van der Waals surface area contributed by atoms with Crippen molar-refractivity contribution in [1.29, 1.82) is 0 Å². The van der Waals surface area contributed by atoms with Gasteiger partial charge in [0.1, 0.15) is 11.6 Å². The lowest BCUT2D eigenvalue weighted by molar-refractivity contribution is 0.0362. The Bertz CT molecular complexity index is 6550. The van der Waals surface area contributed by atoms with Crippen LogP contribution in [0.5, 0.6) is 5.75 Å². The summed E-state index contributed by atoms with van der Waals surface area (Å²) in [6.07, 6.45) is 22.4. The number of allylic oxidation sites excluding steroid dienone is 1. The maximum atomic E-state index is 6.07. The van der Waals surface area contributed by atoms with Gasteiger partial charge in [-0.15, -0.1) is 0 Å². The van der Waals surface area contributed by atoms with Crippen LogP contribution >= 0.6 is 7.92 Å². The number of aliphatic imine (C=N–C) groups is 1. The first-order valence-corrected chi connectivity index (χ1v) is 53.8. The molecule has 0 radical (unpaired) electrons. The highest BCUT2D eigenvalue weighted by Gasteiger charge is 2.37. The predicted octanol–water partition coefficient (Wildman–Crippen LogP) is 31.0. The Labute approximate surface area is 879 Å². The number of nitrogens with one attached hydrogen (secondary N) is 2. The summed E-state index contributed by atoms with van der Waals surface area (Å²) in [6.45, 7) is 55.8. The number of anilines is 5. The van der Waals surface area contributed by atoms with Gasteiger partial charge in [0.25, 0.3) is 0 Å². The number of nitrogens with two attached hydrogens (primary N) is 1. The molecule has 0 spiro atoms. The lowest BCUT2D eigenvalue weighted by Crippen LogP contribution is -2.28. The number of rotatable bonds is 24. The molecule has 1 aliphatic carbocycles. The molecule has 0 saturated carbocycles. The van der Waals surface area contributed by atoms with E-state index in [4.69, 9.17) is 20.3 Å². The second-order valence-electron chi connectivity index (χ2n) is 42.7. The molecule has 15 aromatic rings. The van der Waals surface area contributed by atoms with E-state index in [1.165, 1.54) is 118 Å². The van der Waals surface area contributed by atoms with Gasteiger partial charge in [0.15, 0.2) is 5.84 Å². The highest BCUT2D eigenvalue weighted by Crippen LogP contribution is 2.64. The Morgan fingerprint density at radius 2 is 0.891 bits per heavy atom. The molecule has 19 rings (SSSR count). The number of hydroxylamine groups is 1. The van der Waals surface area contributed by atoms with Crippen molar-refractivity contribution in [3.8, 4) is 28.0 Å². The number of aromatic amines is 1. The summed E-state index contributed by atoms with van der Waals surface area (Å²) in [5, 5.41) is 12.7. The van der Waals surface area contributed by atoms with E-state index >= 15 is 0 Å². The number of benzene rings is 11. The second kappa shape index (κ2) is 50.5. The van der Waals surface area contributed by atoms with E-state index in [2.05, 4.69) is 461 Å². The van der Waals surface area contributed by atoms with Gasteiger partial charge >= 0.3 is 0 Å². The van der Waals surface area contributed by atoms with Crippen LogP contribution in [-0.4, -0.2) is 110 Å². The van der Waals surface area contributed by atoms with Gasteiger partial charge in [-0.1, -0.05) is 337 Å². The fraction of sp³-hybridized carbons (Fsp3) is 0.346. The highest BCUT2D eigenvalue weighted by molar-refractivity contribution is 7.59. The molecular weight excluding hydrogens is 1830 g/mol. The van der Waals surface area contributed by atoms with Crippen molar-refractivity contribution in [2.75, 3.05) is 73.1 Å². The zero-order valence-corrected chi connectivity index (χ0v) is 93.5. The Hall–Kier alpha value is -13.8. The molecule has 770 valence electrons. The Morgan fingerprint density at radius 3 is 1.33 bits per heavy atom. The number of hydrogen-bond acceptors (Lipinski definition) is 15. The third-order valence-electron chi connectivity index (χ3n) is 27.2. The van der Waals surface area contributed by atoms with Crippen LogP contribution in [0.3, 0.4) is 0 Å². The zero-order chi connectivity index (χ0) is 106. The summed E-state index contributed by atoms with van der Waals surface area (Å²) in [7, 11) is 10.2. The Morgan fingerprint density at radius 1 is 0.449 bits per heavy atom. The molecule has 4 aliphatic rings. The average molecular weight is 1990 g/mol. The van der Waals surface area contributed by atoms with Crippen LogP contribution in [-0.2, 0) is 10.3 Å². The predicted molar refractivity (Wildman–Crippen MR) is 624 cm³/mol. The number of likely N-dealkylation sites (N-methyl/N-ethyl adjacent to an activating group) is 1. The number of amidine groups is 1. The summed E-state index contributed by atoms with van der Waals surface area (Å²) < 4.78 is 11.3. The van der Waals surface area contributed by atoms with Crippen molar-refractivity contribution < 1.29 is 9.57 Å². The third-order valence-corrected chi connectivity index (χ3v) is 30.7. The first-order valence-electron chi connectivity index (χ1n) is 52.2. The van der Waals surface area contributed by atoms with Gasteiger partial charge in [0, 0.05) is 152 Å². The maximum absolute atomic E-state index is 6.07. The van der Waals surface area contributed by atoms with Crippen molar-refractivity contribution in [1.82, 2.24) is 49.7 Å². The van der Waals surface area contributed by atoms with E-state index in [1.807, 2.05) is 91.4 Å². The standard InChI is InChI=1S/C27H30N2O2.C27H38N2.C19H22N2.C17H26NP.C15H17N.C12H17N3.C10H10N6/c1-17-12-18(2)14-20(13-17)22-15-21(27(3,4)5)16-23(24(22)30-6)26-28-25(29-31-26)19-10-8-7-9-11-19;1-18(2)22-11-9-12-23(19(3)4)26(22)28-15-16-29(17-28)27-24(20(5)6)13-10-14-25(27)21(7)8;1-14-7-5-8-15(2)18(14)20-11-12-21(13-20)19-16(3)9-6-10-17(19)4;1-12(2)19(13(3)4)17-15-10-8-7-9-14(15)11-16(17)18(5)6;1-12-8-4-5-9-13(12)14-10-6-7-11-15(14)16(2)3;1-8(2)7-9(13)12-14-10-5-3-4-6-11(10)15-12;1-4-11-14(7-1)10(15-8-2-5-12-15)16-9-3-6-13-16/h7-16,26H,1-6H3,(H,28,29);9-16,18-21H,17H2,1-8H3;5-12H,13H2,1-4H3;7-13,17H,1-6H3;4-11H,1-3H3;3-6,8-9H,7,13H2,1-2H3,(H,14,15);1-10H/t;;;;;9-;/m.....1./s1. The van der Waals surface area contributed by atoms with E-state index in [9.17, 15) is 0 Å². The summed E-state index contributed by atoms with van der Waals surface area (Å²) in [6, 6.07) is 87.1. The summed E-state index contributed by atoms with van der Waals surface area (Å²) in [4.78, 5) is 32.5. The first-order chi connectivity index (χ1) is 70.3. The van der Waals surface area contributed by atoms with Gasteiger partial charge in [-0.3, -0.25) is 0 Å². The molecule has 20 heteroatoms. The number of H-pyrrole nitrogens is 1. The maximum Gasteiger partial charge on any atom is 0.238 e. The largest absolute Gasteiger partial charge is 0.496 e. The van der Waals surface area contributed by atoms with Crippen LogP contribution < -0.4 is 40.5 Å². The van der Waals surface area contributed by atoms with Gasteiger partial charge in [0.05, 0.1) is 37.5 Å². The molecule has 19 nitrogen and oxygen atoms in total. The van der Waals surface area contributed by atoms with E-state index < -0.39 is 6.23 Å². The topological polar surface area (TPSA) is 170 Å². The molecule has 0 bridgehead atoms. The van der Waals surface area contributed by atoms with Crippen LogP contribution in [0.25, 0.3) is 39.4 Å². The second-order valence-corrected chi connectivity index (χ2v) is 46.1. The minimum absolute atomic E-state index is 0.0115. The molecular formula is C127H160N17O2P. The number of fused-ring (bicyclic) bond motifs is 2. The average Bonchev–Trinajstić information content (AvgIpc) is 1.70. The molecule has 0 amide bonds. The molecule has 2 unspecified atom stereocenters. The molecule has 147 heavy (non-hydrogen) atoms. The van der Waals surface area contributed by atoms with Crippen LogP contribution in [0.15, 0.2) is 321 Å². The molecule has 3 aliphatic heterocycles. The third kappa shape index (κ3) is 27.3. The first kappa shape index (κ1) is 110. The van der Waals surface area contributed by atoms with Crippen molar-refractivity contribution in [3.05, 3.63) is 411 Å². The van der Waals surface area contributed by atoms with E-state index in [0.717, 1.165) is 81.8 Å². The van der Waals surface area contributed by atoms with Crippen LogP contribution in [0.2, 0.25) is 0 Å². The van der Waals surface area contributed by atoms with E-state index in [1.54, 1.807) is 45.3 Å². The molecule has 0 fully saturated rings. The van der Waals surface area contributed by atoms with E-state index in [-0.39, 0.29) is 25.7 Å². The normalized spacial score (nSPS) is 14.3. The number of methoxy groups -OCH3 is 1. The molecule has 4 aromatic heterocycles. The summed E-state index contributed by atoms with van der Waals surface area (Å²) in [5.74, 6) is 5.00. The lowest BCUT2D eigenvalue weighted by Gasteiger charge is -2.36. The van der Waals surface area contributed by atoms with Crippen LogP contribution in [0, 0.1) is 54.4 Å². The smallest absolute Gasteiger partial charge is 0.238 e. The Balaban J connectivity index is 0.000000146. The molecule has 0 saturated heterocycles. The number of nitrogens with zero attached hydrogens (tertiary/aromatic N) is 14. The number of ether oxygens (including phenoxy) is 1. The number of aryl methyl sites for hydroxylation is 7. The van der Waals surface area contributed by atoms with Gasteiger partial charge < -0.3 is 44.9 Å². The molecule has 3 atom stereocenters. The SMILES string of the molecule is CC(C)C[C@@H](N)c1nc2ccccc2[nH]1.CC(C)P(C(C)C)C1C(N(C)C)=Cc2ccccc21.CC(C)c1cccc(C(C)C)c1N1C=CN(c2c(C(C)C)cccc2C(C)C)C1.COc1c(-c2cc(C)cc(C)c2)cc(C(C)(C)C)cc1C1N=C(c2ccccc2)NO1.Cc1cccc(C)c1N1C=CN(c2c(C)cccc2C)C1.Cc1ccccc1-c1ccccc1N(C)C.c1cnn(C(n2cccn2)n2cccn2)c1. The van der Waals surface area contributed by atoms with Crippen LogP contribution in [0.4, 0.5) is 28.4 Å². The van der Waals surface area contributed by atoms with Crippen LogP contribution in [0.1, 0.15) is 267 Å². The van der Waals surface area contributed by atoms with Crippen molar-refractivity contribution >= 4 is 59.3 Å². The van der Waals surface area contributed by atoms with Gasteiger partial charge in [-0.2, -0.15) is 15.3 Å². The van der Waals surface area contributed by atoms with Crippen molar-refractivity contribution in [3.63, 3.8) is 0 Å². The number of imidazole rings is 1.